The number of anilines is 1. The summed E-state index contributed by atoms with van der Waals surface area (Å²) in [4.78, 5) is 18.9. The second-order valence-electron chi connectivity index (χ2n) is 5.66. The van der Waals surface area contributed by atoms with Crippen molar-refractivity contribution in [2.24, 2.45) is 0 Å². The molecule has 2 aromatic heterocycles. The van der Waals surface area contributed by atoms with E-state index in [2.05, 4.69) is 32.3 Å². The lowest BCUT2D eigenvalue weighted by Crippen LogP contribution is -2.48. The van der Waals surface area contributed by atoms with Crippen LogP contribution in [0.2, 0.25) is 0 Å². The van der Waals surface area contributed by atoms with Crippen LogP contribution in [-0.4, -0.2) is 46.0 Å². The van der Waals surface area contributed by atoms with Gasteiger partial charge in [0.25, 0.3) is 5.91 Å². The molecule has 126 valence electrons. The van der Waals surface area contributed by atoms with Crippen LogP contribution in [0, 0.1) is 0 Å². The molecular weight excluding hydrogens is 322 g/mol. The summed E-state index contributed by atoms with van der Waals surface area (Å²) in [5.74, 6) is 1.76. The maximum atomic E-state index is 12.4. The first-order valence-corrected chi connectivity index (χ1v) is 9.17. The molecule has 0 spiro atoms. The zero-order valence-corrected chi connectivity index (χ0v) is 14.5. The number of hydrogen-bond donors (Lipinski definition) is 1. The van der Waals surface area contributed by atoms with Crippen LogP contribution in [0.25, 0.3) is 0 Å². The van der Waals surface area contributed by atoms with Crippen LogP contribution in [0.5, 0.6) is 0 Å². The highest BCUT2D eigenvalue weighted by atomic mass is 32.2. The average molecular weight is 343 g/mol. The summed E-state index contributed by atoms with van der Waals surface area (Å²) in [5.41, 5.74) is 0.604. The van der Waals surface area contributed by atoms with E-state index in [0.29, 0.717) is 5.56 Å². The predicted molar refractivity (Wildman–Crippen MR) is 95.4 cm³/mol. The minimum atomic E-state index is -0.0680. The molecule has 0 aromatic carbocycles. The summed E-state index contributed by atoms with van der Waals surface area (Å²) < 4.78 is 0. The Hall–Kier alpha value is -2.15. The number of amides is 1. The van der Waals surface area contributed by atoms with Crippen molar-refractivity contribution in [3.63, 3.8) is 0 Å². The second kappa shape index (κ2) is 8.10. The predicted octanol–water partition coefficient (Wildman–Crippen LogP) is 2.38. The normalized spacial score (nSPS) is 17.5. The van der Waals surface area contributed by atoms with Crippen molar-refractivity contribution < 1.29 is 4.79 Å². The highest BCUT2D eigenvalue weighted by molar-refractivity contribution is 7.99. The van der Waals surface area contributed by atoms with Crippen molar-refractivity contribution in [2.75, 3.05) is 23.7 Å². The molecule has 24 heavy (non-hydrogen) atoms. The lowest BCUT2D eigenvalue weighted by atomic mass is 10.1. The van der Waals surface area contributed by atoms with Crippen LogP contribution in [0.4, 0.5) is 5.82 Å². The van der Waals surface area contributed by atoms with E-state index in [4.69, 9.17) is 0 Å². The van der Waals surface area contributed by atoms with E-state index in [1.54, 1.807) is 24.2 Å². The van der Waals surface area contributed by atoms with E-state index in [-0.39, 0.29) is 11.9 Å². The first-order chi connectivity index (χ1) is 11.8. The second-order valence-corrected chi connectivity index (χ2v) is 6.94. The van der Waals surface area contributed by atoms with Crippen LogP contribution >= 0.6 is 11.8 Å². The monoisotopic (exact) mass is 343 g/mol. The first-order valence-electron chi connectivity index (χ1n) is 8.18. The zero-order valence-electron chi connectivity index (χ0n) is 13.7. The minimum absolute atomic E-state index is 0.0680. The van der Waals surface area contributed by atoms with Gasteiger partial charge in [-0.1, -0.05) is 6.92 Å². The highest BCUT2D eigenvalue weighted by Gasteiger charge is 2.23. The van der Waals surface area contributed by atoms with Crippen molar-refractivity contribution in [1.29, 1.82) is 0 Å². The van der Waals surface area contributed by atoms with Gasteiger partial charge in [-0.3, -0.25) is 4.79 Å². The summed E-state index contributed by atoms with van der Waals surface area (Å²) in [6.45, 7) is 3.77. The Bertz CT molecular complexity index is 664. The maximum absolute atomic E-state index is 12.4. The third-order valence-electron chi connectivity index (χ3n) is 3.93. The Morgan fingerprint density at radius 2 is 2.33 bits per heavy atom. The Morgan fingerprint density at radius 1 is 1.42 bits per heavy atom. The van der Waals surface area contributed by atoms with Gasteiger partial charge in [0.2, 0.25) is 0 Å². The summed E-state index contributed by atoms with van der Waals surface area (Å²) >= 11 is 1.67. The van der Waals surface area contributed by atoms with Crippen molar-refractivity contribution in [3.05, 3.63) is 42.2 Å². The molecule has 3 rings (SSSR count). The number of nitrogens with one attached hydrogen (secondary N) is 1. The third kappa shape index (κ3) is 4.23. The largest absolute Gasteiger partial charge is 0.353 e. The lowest BCUT2D eigenvalue weighted by Gasteiger charge is -2.33. The number of thioether (sulfide) groups is 1. The topological polar surface area (TPSA) is 71.0 Å². The fourth-order valence-corrected chi connectivity index (χ4v) is 3.37. The molecule has 1 fully saturated rings. The summed E-state index contributed by atoms with van der Waals surface area (Å²) in [6, 6.07) is 7.68. The van der Waals surface area contributed by atoms with Crippen LogP contribution < -0.4 is 10.2 Å². The fourth-order valence-electron chi connectivity index (χ4n) is 2.78. The standard InChI is InChI=1S/C17H21N5OS/c1-2-24-16-8-7-13(11-18-16)17(23)20-14-5-4-10-22(12-14)15-6-3-9-19-21-15/h3,6-9,11,14H,2,4-5,10,12H2,1H3,(H,20,23). The van der Waals surface area contributed by atoms with Gasteiger partial charge in [0.05, 0.1) is 10.6 Å². The van der Waals surface area contributed by atoms with E-state index >= 15 is 0 Å². The summed E-state index contributed by atoms with van der Waals surface area (Å²) in [6.07, 6.45) is 5.31. The number of carbonyl (C=O) groups is 1. The number of carbonyl (C=O) groups excluding carboxylic acids is 1. The molecule has 1 unspecified atom stereocenters. The van der Waals surface area contributed by atoms with Crippen LogP contribution in [0.3, 0.4) is 0 Å². The SMILES string of the molecule is CCSc1ccc(C(=O)NC2CCCN(c3cccnn3)C2)cn1. The Labute approximate surface area is 146 Å². The molecule has 7 heteroatoms. The summed E-state index contributed by atoms with van der Waals surface area (Å²) in [7, 11) is 0. The molecule has 0 bridgehead atoms. The zero-order chi connectivity index (χ0) is 16.8. The molecule has 1 amide bonds. The van der Waals surface area contributed by atoms with Gasteiger partial charge in [0, 0.05) is 31.5 Å². The van der Waals surface area contributed by atoms with Crippen LogP contribution in [-0.2, 0) is 0 Å². The number of hydrogen-bond acceptors (Lipinski definition) is 6. The molecule has 0 saturated carbocycles. The molecule has 1 atom stereocenters. The number of piperidine rings is 1. The summed E-state index contributed by atoms with van der Waals surface area (Å²) in [5, 5.41) is 12.1. The van der Waals surface area contributed by atoms with Crippen LogP contribution in [0.1, 0.15) is 30.1 Å². The Kier molecular flexibility index (Phi) is 5.63. The molecule has 1 aliphatic rings. The fraction of sp³-hybridized carbons (Fsp3) is 0.412. The van der Waals surface area contributed by atoms with Crippen LogP contribution in [0.15, 0.2) is 41.7 Å². The van der Waals surface area contributed by atoms with Gasteiger partial charge in [-0.2, -0.15) is 5.10 Å². The molecule has 3 heterocycles. The molecule has 6 nitrogen and oxygen atoms in total. The van der Waals surface area contributed by atoms with Gasteiger partial charge in [0.15, 0.2) is 5.82 Å². The highest BCUT2D eigenvalue weighted by Crippen LogP contribution is 2.18. The molecule has 1 aliphatic heterocycles. The van der Waals surface area contributed by atoms with E-state index in [9.17, 15) is 4.79 Å². The van der Waals surface area contributed by atoms with Gasteiger partial charge < -0.3 is 10.2 Å². The van der Waals surface area contributed by atoms with Gasteiger partial charge in [-0.25, -0.2) is 4.98 Å². The average Bonchev–Trinajstić information content (AvgIpc) is 2.63. The maximum Gasteiger partial charge on any atom is 0.253 e. The molecule has 1 saturated heterocycles. The molecule has 1 N–H and O–H groups in total. The van der Waals surface area contributed by atoms with E-state index in [1.165, 1.54) is 0 Å². The van der Waals surface area contributed by atoms with Crippen molar-refractivity contribution in [3.8, 4) is 0 Å². The number of pyridine rings is 1. The van der Waals surface area contributed by atoms with E-state index < -0.39 is 0 Å². The van der Waals surface area contributed by atoms with Gasteiger partial charge >= 0.3 is 0 Å². The molecule has 0 radical (unpaired) electrons. The van der Waals surface area contributed by atoms with Crippen molar-refractivity contribution >= 4 is 23.5 Å². The Morgan fingerprint density at radius 3 is 3.04 bits per heavy atom. The van der Waals surface area contributed by atoms with Gasteiger partial charge in [0.1, 0.15) is 0 Å². The van der Waals surface area contributed by atoms with Gasteiger partial charge in [-0.15, -0.1) is 16.9 Å². The van der Waals surface area contributed by atoms with Gasteiger partial charge in [-0.05, 0) is 42.9 Å². The minimum Gasteiger partial charge on any atom is -0.353 e. The molecular formula is C17H21N5OS. The number of nitrogens with zero attached hydrogens (tertiary/aromatic N) is 4. The molecule has 2 aromatic rings. The lowest BCUT2D eigenvalue weighted by molar-refractivity contribution is 0.0932. The number of aromatic nitrogens is 3. The number of rotatable bonds is 5. The quantitative estimate of drug-likeness (QED) is 0.841. The smallest absolute Gasteiger partial charge is 0.253 e. The third-order valence-corrected chi connectivity index (χ3v) is 4.76. The molecule has 0 aliphatic carbocycles. The van der Waals surface area contributed by atoms with E-state index in [0.717, 1.165) is 42.5 Å². The van der Waals surface area contributed by atoms with Crippen molar-refractivity contribution in [2.45, 2.75) is 30.8 Å². The van der Waals surface area contributed by atoms with Crippen molar-refractivity contribution in [1.82, 2.24) is 20.5 Å². The first kappa shape index (κ1) is 16.7. The van der Waals surface area contributed by atoms with E-state index in [1.807, 2.05) is 24.3 Å². The Balaban J connectivity index is 1.59.